The molecular formula is C27H30N4O6. The minimum Gasteiger partial charge on any atom is -0.493 e. The molecule has 0 saturated carbocycles. The monoisotopic (exact) mass is 506 g/mol. The molecule has 194 valence electrons. The van der Waals surface area contributed by atoms with Crippen LogP contribution in [0.25, 0.3) is 0 Å². The zero-order valence-corrected chi connectivity index (χ0v) is 21.1. The smallest absolute Gasteiger partial charge is 0.340 e. The van der Waals surface area contributed by atoms with Crippen molar-refractivity contribution >= 4 is 40.7 Å². The molecule has 0 aliphatic heterocycles. The van der Waals surface area contributed by atoms with Gasteiger partial charge in [0.15, 0.2) is 11.5 Å². The lowest BCUT2D eigenvalue weighted by Crippen LogP contribution is -2.21. The Labute approximate surface area is 215 Å². The summed E-state index contributed by atoms with van der Waals surface area (Å²) in [6.07, 6.45) is 0. The van der Waals surface area contributed by atoms with Gasteiger partial charge in [0, 0.05) is 29.2 Å². The van der Waals surface area contributed by atoms with E-state index in [0.29, 0.717) is 34.1 Å². The number of urea groups is 1. The van der Waals surface area contributed by atoms with Crippen molar-refractivity contribution in [2.24, 2.45) is 0 Å². The first kappa shape index (κ1) is 26.9. The van der Waals surface area contributed by atoms with Gasteiger partial charge in [-0.3, -0.25) is 4.79 Å². The first-order valence-electron chi connectivity index (χ1n) is 11.5. The maximum absolute atomic E-state index is 13.1. The van der Waals surface area contributed by atoms with Gasteiger partial charge in [-0.1, -0.05) is 12.1 Å². The average Bonchev–Trinajstić information content (AvgIpc) is 2.89. The highest BCUT2D eigenvalue weighted by atomic mass is 16.5. The van der Waals surface area contributed by atoms with Crippen molar-refractivity contribution in [2.75, 3.05) is 42.5 Å². The van der Waals surface area contributed by atoms with Crippen LogP contribution in [0.5, 0.6) is 11.5 Å². The Morgan fingerprint density at radius 1 is 0.838 bits per heavy atom. The van der Waals surface area contributed by atoms with Crippen LogP contribution in [0.15, 0.2) is 60.7 Å². The third-order valence-electron chi connectivity index (χ3n) is 5.51. The molecule has 1 atom stereocenters. The lowest BCUT2D eigenvalue weighted by atomic mass is 9.99. The molecule has 0 aliphatic carbocycles. The molecule has 0 aliphatic rings. The lowest BCUT2D eigenvalue weighted by Gasteiger charge is -2.17. The lowest BCUT2D eigenvalue weighted by molar-refractivity contribution is -0.117. The molecular weight excluding hydrogens is 476 g/mol. The number of nitrogens with two attached hydrogens (primary N) is 1. The number of benzene rings is 3. The fourth-order valence-electron chi connectivity index (χ4n) is 3.47. The second-order valence-electron chi connectivity index (χ2n) is 8.01. The van der Waals surface area contributed by atoms with E-state index in [1.807, 2.05) is 0 Å². The number of esters is 1. The third kappa shape index (κ3) is 6.91. The highest BCUT2D eigenvalue weighted by Gasteiger charge is 2.22. The molecule has 0 radical (unpaired) electrons. The van der Waals surface area contributed by atoms with Gasteiger partial charge in [-0.25, -0.2) is 9.59 Å². The van der Waals surface area contributed by atoms with Crippen LogP contribution in [0.3, 0.4) is 0 Å². The molecule has 3 rings (SSSR count). The van der Waals surface area contributed by atoms with Gasteiger partial charge in [0.25, 0.3) is 0 Å². The number of anilines is 4. The molecule has 0 aromatic heterocycles. The number of hydrogen-bond acceptors (Lipinski definition) is 7. The SMILES string of the molecule is CCOC(=O)c1cc(OC)c(OC)cc1NC(=O)C(C)c1ccc(NC(=O)Nc2ccc(N)cc2)cc1. The number of amides is 3. The van der Waals surface area contributed by atoms with Gasteiger partial charge < -0.3 is 35.9 Å². The van der Waals surface area contributed by atoms with Crippen LogP contribution in [0.2, 0.25) is 0 Å². The standard InChI is InChI=1S/C27H30N4O6/c1-5-37-26(33)21-14-23(35-3)24(36-4)15-22(21)31-25(32)16(2)17-6-10-19(11-7-17)29-27(34)30-20-12-8-18(28)9-13-20/h6-16H,5,28H2,1-4H3,(H,31,32)(H2,29,30,34). The number of rotatable bonds is 9. The van der Waals surface area contributed by atoms with Crippen LogP contribution in [-0.4, -0.2) is 38.7 Å². The molecule has 0 spiro atoms. The Balaban J connectivity index is 1.70. The first-order chi connectivity index (χ1) is 17.7. The minimum absolute atomic E-state index is 0.145. The summed E-state index contributed by atoms with van der Waals surface area (Å²) in [5.41, 5.74) is 8.50. The topological polar surface area (TPSA) is 141 Å². The maximum Gasteiger partial charge on any atom is 0.340 e. The van der Waals surface area contributed by atoms with Crippen molar-refractivity contribution in [1.82, 2.24) is 0 Å². The van der Waals surface area contributed by atoms with Gasteiger partial charge in [-0.15, -0.1) is 0 Å². The van der Waals surface area contributed by atoms with E-state index in [9.17, 15) is 14.4 Å². The number of hydrogen-bond donors (Lipinski definition) is 4. The Kier molecular flexibility index (Phi) is 8.93. The van der Waals surface area contributed by atoms with E-state index >= 15 is 0 Å². The van der Waals surface area contributed by atoms with Gasteiger partial charge in [0.2, 0.25) is 5.91 Å². The van der Waals surface area contributed by atoms with Gasteiger partial charge in [-0.05, 0) is 55.8 Å². The largest absolute Gasteiger partial charge is 0.493 e. The molecule has 37 heavy (non-hydrogen) atoms. The second-order valence-corrected chi connectivity index (χ2v) is 8.01. The zero-order valence-electron chi connectivity index (χ0n) is 21.1. The van der Waals surface area contributed by atoms with Crippen molar-refractivity contribution in [3.8, 4) is 11.5 Å². The fourth-order valence-corrected chi connectivity index (χ4v) is 3.47. The van der Waals surface area contributed by atoms with Crippen molar-refractivity contribution in [2.45, 2.75) is 19.8 Å². The number of carbonyl (C=O) groups is 3. The fraction of sp³-hybridized carbons (Fsp3) is 0.222. The molecule has 0 bridgehead atoms. The number of carbonyl (C=O) groups excluding carboxylic acids is 3. The van der Waals surface area contributed by atoms with Crippen molar-refractivity contribution in [3.63, 3.8) is 0 Å². The number of nitrogen functional groups attached to an aromatic ring is 1. The third-order valence-corrected chi connectivity index (χ3v) is 5.51. The number of ether oxygens (including phenoxy) is 3. The van der Waals surface area contributed by atoms with E-state index in [1.54, 1.807) is 62.4 Å². The Morgan fingerprint density at radius 2 is 1.38 bits per heavy atom. The molecule has 0 saturated heterocycles. The van der Waals surface area contributed by atoms with Gasteiger partial charge in [0.05, 0.1) is 38.0 Å². The maximum atomic E-state index is 13.1. The summed E-state index contributed by atoms with van der Waals surface area (Å²) in [5.74, 6) is -0.828. The number of nitrogens with one attached hydrogen (secondary N) is 3. The van der Waals surface area contributed by atoms with E-state index in [1.165, 1.54) is 26.4 Å². The predicted molar refractivity (Wildman–Crippen MR) is 142 cm³/mol. The summed E-state index contributed by atoms with van der Waals surface area (Å²) in [4.78, 5) is 37.8. The normalized spacial score (nSPS) is 11.1. The molecule has 0 heterocycles. The molecule has 10 heteroatoms. The summed E-state index contributed by atoms with van der Waals surface area (Å²) < 4.78 is 15.7. The summed E-state index contributed by atoms with van der Waals surface area (Å²) >= 11 is 0. The molecule has 3 amide bonds. The van der Waals surface area contributed by atoms with Crippen molar-refractivity contribution in [3.05, 3.63) is 71.8 Å². The van der Waals surface area contributed by atoms with Crippen LogP contribution < -0.4 is 31.2 Å². The number of methoxy groups -OCH3 is 2. The van der Waals surface area contributed by atoms with Gasteiger partial charge >= 0.3 is 12.0 Å². The van der Waals surface area contributed by atoms with Gasteiger partial charge in [0.1, 0.15) is 0 Å². The quantitative estimate of drug-likeness (QED) is 0.240. The highest BCUT2D eigenvalue weighted by molar-refractivity contribution is 6.04. The Morgan fingerprint density at radius 3 is 1.92 bits per heavy atom. The highest BCUT2D eigenvalue weighted by Crippen LogP contribution is 2.34. The van der Waals surface area contributed by atoms with Gasteiger partial charge in [-0.2, -0.15) is 0 Å². The van der Waals surface area contributed by atoms with Crippen molar-refractivity contribution in [1.29, 1.82) is 0 Å². The van der Waals surface area contributed by atoms with E-state index in [4.69, 9.17) is 19.9 Å². The average molecular weight is 507 g/mol. The van der Waals surface area contributed by atoms with Crippen LogP contribution in [0.4, 0.5) is 27.5 Å². The molecule has 3 aromatic carbocycles. The molecule has 10 nitrogen and oxygen atoms in total. The predicted octanol–water partition coefficient (Wildman–Crippen LogP) is 4.85. The Bertz CT molecular complexity index is 1260. The van der Waals surface area contributed by atoms with Crippen LogP contribution in [-0.2, 0) is 9.53 Å². The molecule has 1 unspecified atom stereocenters. The summed E-state index contributed by atoms with van der Waals surface area (Å²) in [6.45, 7) is 3.60. The van der Waals surface area contributed by atoms with E-state index < -0.39 is 17.9 Å². The molecule has 5 N–H and O–H groups in total. The van der Waals surface area contributed by atoms with Crippen LogP contribution in [0, 0.1) is 0 Å². The summed E-state index contributed by atoms with van der Waals surface area (Å²) in [7, 11) is 2.91. The minimum atomic E-state index is -0.598. The molecule has 3 aromatic rings. The van der Waals surface area contributed by atoms with Crippen molar-refractivity contribution < 1.29 is 28.6 Å². The van der Waals surface area contributed by atoms with E-state index in [2.05, 4.69) is 16.0 Å². The zero-order chi connectivity index (χ0) is 26.9. The second kappa shape index (κ2) is 12.3. The first-order valence-corrected chi connectivity index (χ1v) is 11.5. The van der Waals surface area contributed by atoms with E-state index in [0.717, 1.165) is 0 Å². The van der Waals surface area contributed by atoms with E-state index in [-0.39, 0.29) is 23.8 Å². The molecule has 0 fully saturated rings. The summed E-state index contributed by atoms with van der Waals surface area (Å²) in [6, 6.07) is 16.2. The Hall–Kier alpha value is -4.73. The van der Waals surface area contributed by atoms with Crippen LogP contribution in [0.1, 0.15) is 35.7 Å². The summed E-state index contributed by atoms with van der Waals surface area (Å²) in [5, 5.41) is 8.24. The van der Waals surface area contributed by atoms with Crippen LogP contribution >= 0.6 is 0 Å².